The highest BCUT2D eigenvalue weighted by atomic mass is 16.2. The molecule has 1 aliphatic rings. The Kier molecular flexibility index (Phi) is 4.42. The average Bonchev–Trinajstić information content (AvgIpc) is 2.98. The zero-order valence-electron chi connectivity index (χ0n) is 11.7. The van der Waals surface area contributed by atoms with Crippen LogP contribution in [0.4, 0.5) is 5.69 Å². The first-order valence-corrected chi connectivity index (χ1v) is 6.97. The summed E-state index contributed by atoms with van der Waals surface area (Å²) in [5, 5.41) is 9.76. The molecule has 0 radical (unpaired) electrons. The average molecular weight is 265 g/mol. The van der Waals surface area contributed by atoms with Gasteiger partial charge in [0.25, 0.3) is 5.91 Å². The second-order valence-electron chi connectivity index (χ2n) is 5.20. The van der Waals surface area contributed by atoms with Crippen LogP contribution in [0, 0.1) is 0 Å². The number of aromatic amines is 1. The minimum atomic E-state index is -0.194. The minimum absolute atomic E-state index is 0.103. The predicted octanol–water partition coefficient (Wildman–Crippen LogP) is 0.768. The van der Waals surface area contributed by atoms with E-state index in [4.69, 9.17) is 5.73 Å². The number of amides is 1. The Morgan fingerprint density at radius 3 is 2.79 bits per heavy atom. The number of nitrogen functional groups attached to an aromatic ring is 1. The molecule has 0 spiro atoms. The zero-order valence-corrected chi connectivity index (χ0v) is 11.7. The Hall–Kier alpha value is -1.56. The second kappa shape index (κ2) is 6.06. The van der Waals surface area contributed by atoms with Gasteiger partial charge in [-0.05, 0) is 39.3 Å². The standard InChI is InChI=1S/C13H23N5O/c1-3-10-11(14)12(17-16-10)13(19)15-9(2)8-18-6-4-5-7-18/h9H,3-8,14H2,1-2H3,(H,15,19)(H,16,17). The summed E-state index contributed by atoms with van der Waals surface area (Å²) in [7, 11) is 0. The molecule has 1 aliphatic heterocycles. The van der Waals surface area contributed by atoms with Gasteiger partial charge in [0.1, 0.15) is 0 Å². The van der Waals surface area contributed by atoms with Crippen LogP contribution in [0.1, 0.15) is 42.9 Å². The van der Waals surface area contributed by atoms with E-state index in [1.165, 1.54) is 12.8 Å². The number of nitrogens with zero attached hydrogens (tertiary/aromatic N) is 2. The fraction of sp³-hybridized carbons (Fsp3) is 0.692. The van der Waals surface area contributed by atoms with Crippen molar-refractivity contribution in [3.8, 4) is 0 Å². The quantitative estimate of drug-likeness (QED) is 0.734. The van der Waals surface area contributed by atoms with Gasteiger partial charge in [-0.2, -0.15) is 5.10 Å². The zero-order chi connectivity index (χ0) is 13.8. The highest BCUT2D eigenvalue weighted by Gasteiger charge is 2.20. The van der Waals surface area contributed by atoms with E-state index in [1.807, 2.05) is 13.8 Å². The van der Waals surface area contributed by atoms with Crippen molar-refractivity contribution in [3.05, 3.63) is 11.4 Å². The fourth-order valence-corrected chi connectivity index (χ4v) is 2.52. The van der Waals surface area contributed by atoms with Gasteiger partial charge in [0.2, 0.25) is 0 Å². The Morgan fingerprint density at radius 2 is 2.21 bits per heavy atom. The van der Waals surface area contributed by atoms with Crippen molar-refractivity contribution in [1.82, 2.24) is 20.4 Å². The van der Waals surface area contributed by atoms with E-state index in [0.717, 1.165) is 31.7 Å². The van der Waals surface area contributed by atoms with Crippen LogP contribution >= 0.6 is 0 Å². The Bertz CT molecular complexity index is 436. The van der Waals surface area contributed by atoms with Crippen molar-refractivity contribution >= 4 is 11.6 Å². The number of hydrogen-bond donors (Lipinski definition) is 3. The molecule has 1 saturated heterocycles. The normalized spacial score (nSPS) is 17.6. The van der Waals surface area contributed by atoms with E-state index in [2.05, 4.69) is 20.4 Å². The van der Waals surface area contributed by atoms with E-state index in [1.54, 1.807) is 0 Å². The monoisotopic (exact) mass is 265 g/mol. The van der Waals surface area contributed by atoms with Gasteiger partial charge in [0, 0.05) is 12.6 Å². The lowest BCUT2D eigenvalue weighted by Gasteiger charge is -2.20. The third kappa shape index (κ3) is 3.26. The van der Waals surface area contributed by atoms with Crippen LogP contribution in [0.15, 0.2) is 0 Å². The Morgan fingerprint density at radius 1 is 1.53 bits per heavy atom. The van der Waals surface area contributed by atoms with Gasteiger partial charge >= 0.3 is 0 Å². The predicted molar refractivity (Wildman–Crippen MR) is 75.0 cm³/mol. The number of hydrogen-bond acceptors (Lipinski definition) is 4. The smallest absolute Gasteiger partial charge is 0.274 e. The van der Waals surface area contributed by atoms with Crippen molar-refractivity contribution in [3.63, 3.8) is 0 Å². The topological polar surface area (TPSA) is 87.0 Å². The van der Waals surface area contributed by atoms with Crippen LogP contribution in [0.3, 0.4) is 0 Å². The molecule has 0 saturated carbocycles. The van der Waals surface area contributed by atoms with Gasteiger partial charge in [0.05, 0.1) is 11.4 Å². The number of carbonyl (C=O) groups excluding carboxylic acids is 1. The first-order valence-electron chi connectivity index (χ1n) is 6.97. The lowest BCUT2D eigenvalue weighted by atomic mass is 10.2. The molecule has 6 heteroatoms. The summed E-state index contributed by atoms with van der Waals surface area (Å²) in [6.07, 6.45) is 3.26. The van der Waals surface area contributed by atoms with Crippen molar-refractivity contribution in [2.45, 2.75) is 39.2 Å². The first-order chi connectivity index (χ1) is 9.11. The first kappa shape index (κ1) is 13.9. The number of nitrogens with one attached hydrogen (secondary N) is 2. The van der Waals surface area contributed by atoms with Crippen LogP contribution < -0.4 is 11.1 Å². The third-order valence-corrected chi connectivity index (χ3v) is 3.56. The molecule has 0 aliphatic carbocycles. The highest BCUT2D eigenvalue weighted by molar-refractivity contribution is 5.97. The Balaban J connectivity index is 1.90. The molecule has 106 valence electrons. The van der Waals surface area contributed by atoms with Crippen molar-refractivity contribution in [2.24, 2.45) is 0 Å². The van der Waals surface area contributed by atoms with E-state index < -0.39 is 0 Å². The molecule has 1 unspecified atom stereocenters. The van der Waals surface area contributed by atoms with Crippen molar-refractivity contribution in [2.75, 3.05) is 25.4 Å². The van der Waals surface area contributed by atoms with Crippen LogP contribution in [-0.4, -0.2) is 46.7 Å². The van der Waals surface area contributed by atoms with Crippen molar-refractivity contribution in [1.29, 1.82) is 0 Å². The van der Waals surface area contributed by atoms with Gasteiger partial charge < -0.3 is 16.0 Å². The van der Waals surface area contributed by atoms with E-state index >= 15 is 0 Å². The summed E-state index contributed by atoms with van der Waals surface area (Å²) in [5.41, 5.74) is 7.48. The number of anilines is 1. The van der Waals surface area contributed by atoms with Gasteiger partial charge in [-0.1, -0.05) is 6.92 Å². The molecule has 1 aromatic heterocycles. The molecule has 1 aromatic rings. The molecule has 1 fully saturated rings. The molecule has 6 nitrogen and oxygen atoms in total. The number of H-pyrrole nitrogens is 1. The number of aromatic nitrogens is 2. The van der Waals surface area contributed by atoms with Crippen LogP contribution in [0.2, 0.25) is 0 Å². The number of rotatable bonds is 5. The summed E-state index contributed by atoms with van der Waals surface area (Å²) < 4.78 is 0. The van der Waals surface area contributed by atoms with Gasteiger partial charge in [0.15, 0.2) is 5.69 Å². The minimum Gasteiger partial charge on any atom is -0.395 e. The molecule has 1 atom stereocenters. The van der Waals surface area contributed by atoms with Gasteiger partial charge in [-0.3, -0.25) is 9.89 Å². The number of carbonyl (C=O) groups is 1. The molecule has 19 heavy (non-hydrogen) atoms. The molecular weight excluding hydrogens is 242 g/mol. The lowest BCUT2D eigenvalue weighted by Crippen LogP contribution is -2.41. The maximum absolute atomic E-state index is 12.1. The van der Waals surface area contributed by atoms with Crippen molar-refractivity contribution < 1.29 is 4.79 Å². The largest absolute Gasteiger partial charge is 0.395 e. The van der Waals surface area contributed by atoms with Crippen LogP contribution in [-0.2, 0) is 6.42 Å². The highest BCUT2D eigenvalue weighted by Crippen LogP contribution is 2.14. The molecule has 0 bridgehead atoms. The summed E-state index contributed by atoms with van der Waals surface area (Å²) in [4.78, 5) is 14.5. The summed E-state index contributed by atoms with van der Waals surface area (Å²) in [5.74, 6) is -0.194. The fourth-order valence-electron chi connectivity index (χ4n) is 2.52. The van der Waals surface area contributed by atoms with E-state index in [0.29, 0.717) is 11.4 Å². The summed E-state index contributed by atoms with van der Waals surface area (Å²) in [6.45, 7) is 7.13. The number of aryl methyl sites for hydroxylation is 1. The summed E-state index contributed by atoms with van der Waals surface area (Å²) in [6, 6.07) is 0.103. The maximum Gasteiger partial charge on any atom is 0.274 e. The number of likely N-dealkylation sites (tertiary alicyclic amines) is 1. The molecule has 4 N–H and O–H groups in total. The van der Waals surface area contributed by atoms with Gasteiger partial charge in [-0.25, -0.2) is 0 Å². The number of nitrogens with two attached hydrogens (primary N) is 1. The second-order valence-corrected chi connectivity index (χ2v) is 5.20. The Labute approximate surface area is 113 Å². The molecule has 2 heterocycles. The molecule has 1 amide bonds. The summed E-state index contributed by atoms with van der Waals surface area (Å²) >= 11 is 0. The third-order valence-electron chi connectivity index (χ3n) is 3.56. The SMILES string of the molecule is CCc1[nH]nc(C(=O)NC(C)CN2CCCC2)c1N. The molecular formula is C13H23N5O. The molecule has 0 aromatic carbocycles. The van der Waals surface area contributed by atoms with Gasteiger partial charge in [-0.15, -0.1) is 0 Å². The van der Waals surface area contributed by atoms with E-state index in [-0.39, 0.29) is 11.9 Å². The lowest BCUT2D eigenvalue weighted by molar-refractivity contribution is 0.0927. The maximum atomic E-state index is 12.1. The van der Waals surface area contributed by atoms with Crippen LogP contribution in [0.25, 0.3) is 0 Å². The van der Waals surface area contributed by atoms with E-state index in [9.17, 15) is 4.79 Å². The van der Waals surface area contributed by atoms with Crippen LogP contribution in [0.5, 0.6) is 0 Å². The molecule has 2 rings (SSSR count).